The normalized spacial score (nSPS) is 10.9. The van der Waals surface area contributed by atoms with Gasteiger partial charge in [0.2, 0.25) is 0 Å². The van der Waals surface area contributed by atoms with Gasteiger partial charge in [0, 0.05) is 42.8 Å². The van der Waals surface area contributed by atoms with Crippen LogP contribution in [0.5, 0.6) is 0 Å². The van der Waals surface area contributed by atoms with Gasteiger partial charge in [-0.3, -0.25) is 4.79 Å². The predicted octanol–water partition coefficient (Wildman–Crippen LogP) is 0.851. The fraction of sp³-hybridized carbons (Fsp3) is 0.214. The number of anilines is 1. The first-order chi connectivity index (χ1) is 10.1. The van der Waals surface area contributed by atoms with Crippen LogP contribution in [-0.2, 0) is 13.5 Å². The summed E-state index contributed by atoms with van der Waals surface area (Å²) in [5.74, 6) is 0.701. The van der Waals surface area contributed by atoms with Crippen molar-refractivity contribution in [2.24, 2.45) is 7.05 Å². The number of H-pyrrole nitrogens is 1. The Morgan fingerprint density at radius 3 is 3.10 bits per heavy atom. The molecule has 0 aliphatic heterocycles. The van der Waals surface area contributed by atoms with Crippen LogP contribution in [0.15, 0.2) is 30.7 Å². The minimum absolute atomic E-state index is 0.131. The second-order valence-corrected chi connectivity index (χ2v) is 4.87. The minimum atomic E-state index is -0.131. The maximum atomic E-state index is 12.2. The van der Waals surface area contributed by atoms with Crippen molar-refractivity contribution in [3.63, 3.8) is 0 Å². The highest BCUT2D eigenvalue weighted by Gasteiger charge is 2.12. The highest BCUT2D eigenvalue weighted by atomic mass is 16.1. The Bertz CT molecular complexity index is 788. The van der Waals surface area contributed by atoms with Gasteiger partial charge in [0.1, 0.15) is 12.2 Å². The number of benzene rings is 1. The number of carbonyl (C=O) groups is 1. The van der Waals surface area contributed by atoms with E-state index in [1.807, 2.05) is 17.7 Å². The summed E-state index contributed by atoms with van der Waals surface area (Å²) in [6.45, 7) is 0.500. The van der Waals surface area contributed by atoms with Crippen LogP contribution >= 0.6 is 0 Å². The van der Waals surface area contributed by atoms with Gasteiger partial charge < -0.3 is 20.6 Å². The molecular formula is C14H16N6O. The molecule has 1 amide bonds. The van der Waals surface area contributed by atoms with E-state index in [1.54, 1.807) is 24.7 Å². The Hall–Kier alpha value is -2.83. The van der Waals surface area contributed by atoms with Gasteiger partial charge in [0.25, 0.3) is 5.91 Å². The summed E-state index contributed by atoms with van der Waals surface area (Å²) >= 11 is 0. The lowest BCUT2D eigenvalue weighted by molar-refractivity contribution is 0.0955. The molecule has 0 aliphatic rings. The number of rotatable bonds is 4. The Morgan fingerprint density at radius 1 is 1.48 bits per heavy atom. The quantitative estimate of drug-likeness (QED) is 0.618. The number of aromatic amines is 1. The number of nitrogens with one attached hydrogen (secondary N) is 2. The van der Waals surface area contributed by atoms with Gasteiger partial charge in [-0.2, -0.15) is 0 Å². The maximum Gasteiger partial charge on any atom is 0.253 e. The fourth-order valence-corrected chi connectivity index (χ4v) is 2.24. The Morgan fingerprint density at radius 2 is 2.33 bits per heavy atom. The van der Waals surface area contributed by atoms with Crippen LogP contribution in [0.3, 0.4) is 0 Å². The summed E-state index contributed by atoms with van der Waals surface area (Å²) in [4.78, 5) is 15.3. The van der Waals surface area contributed by atoms with Gasteiger partial charge >= 0.3 is 0 Å². The van der Waals surface area contributed by atoms with Gasteiger partial charge in [-0.05, 0) is 18.2 Å². The summed E-state index contributed by atoms with van der Waals surface area (Å²) in [5, 5.41) is 11.5. The SMILES string of the molecule is Cn1cnnc1CCNC(=O)c1c[nH]c2ccc(N)cc12. The van der Waals surface area contributed by atoms with Crippen molar-refractivity contribution in [2.45, 2.75) is 6.42 Å². The second kappa shape index (κ2) is 5.28. The molecule has 0 unspecified atom stereocenters. The van der Waals surface area contributed by atoms with Crippen molar-refractivity contribution in [3.05, 3.63) is 42.1 Å². The molecule has 0 fully saturated rings. The summed E-state index contributed by atoms with van der Waals surface area (Å²) in [5.41, 5.74) is 7.89. The molecule has 2 heterocycles. The van der Waals surface area contributed by atoms with Crippen LogP contribution in [0.25, 0.3) is 10.9 Å². The zero-order valence-electron chi connectivity index (χ0n) is 11.6. The number of aromatic nitrogens is 4. The molecule has 0 aliphatic carbocycles. The number of amides is 1. The Labute approximate surface area is 121 Å². The third kappa shape index (κ3) is 2.58. The van der Waals surface area contributed by atoms with E-state index in [0.717, 1.165) is 16.7 Å². The van der Waals surface area contributed by atoms with Crippen LogP contribution in [0.4, 0.5) is 5.69 Å². The molecule has 0 saturated heterocycles. The first-order valence-electron chi connectivity index (χ1n) is 6.63. The largest absolute Gasteiger partial charge is 0.399 e. The van der Waals surface area contributed by atoms with Crippen molar-refractivity contribution in [1.29, 1.82) is 0 Å². The van der Waals surface area contributed by atoms with Gasteiger partial charge in [-0.1, -0.05) is 0 Å². The van der Waals surface area contributed by atoms with E-state index >= 15 is 0 Å². The Balaban J connectivity index is 1.69. The molecule has 7 nitrogen and oxygen atoms in total. The van der Waals surface area contributed by atoms with Crippen molar-refractivity contribution in [1.82, 2.24) is 25.1 Å². The van der Waals surface area contributed by atoms with E-state index in [4.69, 9.17) is 5.73 Å². The first-order valence-corrected chi connectivity index (χ1v) is 6.63. The van der Waals surface area contributed by atoms with Crippen molar-refractivity contribution >= 4 is 22.5 Å². The summed E-state index contributed by atoms with van der Waals surface area (Å²) in [6.07, 6.45) is 3.97. The Kier molecular flexibility index (Phi) is 3.31. The monoisotopic (exact) mass is 284 g/mol. The zero-order chi connectivity index (χ0) is 14.8. The number of nitrogens with zero attached hydrogens (tertiary/aromatic N) is 3. The van der Waals surface area contributed by atoms with E-state index in [0.29, 0.717) is 24.2 Å². The number of fused-ring (bicyclic) bond motifs is 1. The molecular weight excluding hydrogens is 268 g/mol. The molecule has 21 heavy (non-hydrogen) atoms. The smallest absolute Gasteiger partial charge is 0.253 e. The highest BCUT2D eigenvalue weighted by Crippen LogP contribution is 2.20. The predicted molar refractivity (Wildman–Crippen MR) is 79.8 cm³/mol. The average Bonchev–Trinajstić information content (AvgIpc) is 3.05. The molecule has 2 aromatic heterocycles. The van der Waals surface area contributed by atoms with Crippen molar-refractivity contribution in [3.8, 4) is 0 Å². The number of carbonyl (C=O) groups excluding carboxylic acids is 1. The topological polar surface area (TPSA) is 102 Å². The molecule has 0 radical (unpaired) electrons. The number of hydrogen-bond donors (Lipinski definition) is 3. The van der Waals surface area contributed by atoms with E-state index < -0.39 is 0 Å². The van der Waals surface area contributed by atoms with E-state index in [9.17, 15) is 4.79 Å². The van der Waals surface area contributed by atoms with E-state index in [2.05, 4.69) is 20.5 Å². The molecule has 3 aromatic rings. The third-order valence-electron chi connectivity index (χ3n) is 3.39. The average molecular weight is 284 g/mol. The molecule has 1 aromatic carbocycles. The van der Waals surface area contributed by atoms with Gasteiger partial charge in [-0.15, -0.1) is 10.2 Å². The molecule has 3 rings (SSSR count). The highest BCUT2D eigenvalue weighted by molar-refractivity contribution is 6.07. The lowest BCUT2D eigenvalue weighted by atomic mass is 10.1. The summed E-state index contributed by atoms with van der Waals surface area (Å²) < 4.78 is 1.83. The number of nitrogen functional groups attached to an aromatic ring is 1. The second-order valence-electron chi connectivity index (χ2n) is 4.87. The van der Waals surface area contributed by atoms with Crippen LogP contribution in [0, 0.1) is 0 Å². The lowest BCUT2D eigenvalue weighted by Gasteiger charge is -2.04. The summed E-state index contributed by atoms with van der Waals surface area (Å²) in [6, 6.07) is 5.46. The molecule has 0 saturated carbocycles. The van der Waals surface area contributed by atoms with Crippen molar-refractivity contribution in [2.75, 3.05) is 12.3 Å². The molecule has 0 atom stereocenters. The maximum absolute atomic E-state index is 12.2. The van der Waals surface area contributed by atoms with Crippen LogP contribution in [0.1, 0.15) is 16.2 Å². The molecule has 4 N–H and O–H groups in total. The molecule has 0 bridgehead atoms. The molecule has 108 valence electrons. The molecule has 7 heteroatoms. The molecule has 0 spiro atoms. The minimum Gasteiger partial charge on any atom is -0.399 e. The van der Waals surface area contributed by atoms with Crippen molar-refractivity contribution < 1.29 is 4.79 Å². The lowest BCUT2D eigenvalue weighted by Crippen LogP contribution is -2.26. The van der Waals surface area contributed by atoms with Gasteiger partial charge in [0.15, 0.2) is 0 Å². The summed E-state index contributed by atoms with van der Waals surface area (Å²) in [7, 11) is 1.87. The van der Waals surface area contributed by atoms with Gasteiger partial charge in [0.05, 0.1) is 5.56 Å². The van der Waals surface area contributed by atoms with Crippen LogP contribution in [0.2, 0.25) is 0 Å². The first kappa shape index (κ1) is 13.2. The number of nitrogens with two attached hydrogens (primary N) is 1. The van der Waals surface area contributed by atoms with E-state index in [1.165, 1.54) is 0 Å². The zero-order valence-corrected chi connectivity index (χ0v) is 11.6. The van der Waals surface area contributed by atoms with Crippen LogP contribution in [-0.4, -0.2) is 32.2 Å². The van der Waals surface area contributed by atoms with Crippen LogP contribution < -0.4 is 11.1 Å². The number of aryl methyl sites for hydroxylation is 1. The number of hydrogen-bond acceptors (Lipinski definition) is 4. The van der Waals surface area contributed by atoms with E-state index in [-0.39, 0.29) is 5.91 Å². The third-order valence-corrected chi connectivity index (χ3v) is 3.39. The fourth-order valence-electron chi connectivity index (χ4n) is 2.24. The standard InChI is InChI=1S/C14H16N6O/c1-20-8-18-19-13(20)4-5-16-14(21)11-7-17-12-3-2-9(15)6-10(11)12/h2-3,6-8,17H,4-5,15H2,1H3,(H,16,21). The van der Waals surface area contributed by atoms with Gasteiger partial charge in [-0.25, -0.2) is 0 Å².